The van der Waals surface area contributed by atoms with Crippen LogP contribution in [0.25, 0.3) is 21.9 Å². The fourth-order valence-electron chi connectivity index (χ4n) is 2.28. The van der Waals surface area contributed by atoms with Gasteiger partial charge in [0.1, 0.15) is 17.0 Å². The molecule has 0 fully saturated rings. The van der Waals surface area contributed by atoms with Gasteiger partial charge in [0.15, 0.2) is 0 Å². The van der Waals surface area contributed by atoms with E-state index < -0.39 is 0 Å². The van der Waals surface area contributed by atoms with E-state index in [9.17, 15) is 9.18 Å². The molecule has 0 spiro atoms. The Morgan fingerprint density at radius 2 is 2.00 bits per heavy atom. The van der Waals surface area contributed by atoms with Gasteiger partial charge in [-0.25, -0.2) is 4.39 Å². The van der Waals surface area contributed by atoms with Crippen LogP contribution in [0, 0.1) is 5.82 Å². The largest absolute Gasteiger partial charge is 0.466 e. The van der Waals surface area contributed by atoms with Crippen molar-refractivity contribution in [3.05, 3.63) is 47.8 Å². The van der Waals surface area contributed by atoms with Gasteiger partial charge in [0.2, 0.25) is 0 Å². The number of fused-ring (bicyclic) bond motifs is 3. The number of hydrogen-bond donors (Lipinski definition) is 0. The van der Waals surface area contributed by atoms with Crippen LogP contribution in [0.4, 0.5) is 4.39 Å². The molecule has 1 heterocycles. The molecule has 102 valence electrons. The number of hydrogen-bond acceptors (Lipinski definition) is 3. The minimum absolute atomic E-state index is 0.204. The normalized spacial score (nSPS) is 11.1. The average Bonchev–Trinajstić information content (AvgIpc) is 2.76. The van der Waals surface area contributed by atoms with E-state index in [0.29, 0.717) is 17.8 Å². The molecule has 0 unspecified atom stereocenters. The summed E-state index contributed by atoms with van der Waals surface area (Å²) in [6, 6.07) is 9.89. The molecule has 1 aromatic heterocycles. The first kappa shape index (κ1) is 12.7. The quantitative estimate of drug-likeness (QED) is 0.680. The summed E-state index contributed by atoms with van der Waals surface area (Å²) in [5, 5.41) is 1.58. The number of halogens is 1. The maximum absolute atomic E-state index is 13.3. The zero-order valence-corrected chi connectivity index (χ0v) is 11.0. The zero-order chi connectivity index (χ0) is 14.1. The van der Waals surface area contributed by atoms with Gasteiger partial charge in [-0.15, -0.1) is 0 Å². The summed E-state index contributed by atoms with van der Waals surface area (Å²) in [4.78, 5) is 11.5. The van der Waals surface area contributed by atoms with Crippen molar-refractivity contribution in [2.75, 3.05) is 6.61 Å². The van der Waals surface area contributed by atoms with Gasteiger partial charge in [-0.3, -0.25) is 4.79 Å². The third-order valence-electron chi connectivity index (χ3n) is 3.15. The maximum atomic E-state index is 13.3. The van der Waals surface area contributed by atoms with Gasteiger partial charge < -0.3 is 9.15 Å². The number of rotatable bonds is 3. The van der Waals surface area contributed by atoms with Crippen LogP contribution in [0.3, 0.4) is 0 Å². The molecule has 0 amide bonds. The van der Waals surface area contributed by atoms with Crippen LogP contribution in [0.1, 0.15) is 12.5 Å². The molecule has 0 saturated carbocycles. The van der Waals surface area contributed by atoms with Gasteiger partial charge in [0.25, 0.3) is 0 Å². The fourth-order valence-corrected chi connectivity index (χ4v) is 2.28. The molecule has 0 saturated heterocycles. The second-order valence-electron chi connectivity index (χ2n) is 4.55. The molecule has 4 heteroatoms. The van der Waals surface area contributed by atoms with Crippen LogP contribution < -0.4 is 0 Å². The van der Waals surface area contributed by atoms with Crippen LogP contribution in [0.5, 0.6) is 0 Å². The monoisotopic (exact) mass is 272 g/mol. The summed E-state index contributed by atoms with van der Waals surface area (Å²) < 4.78 is 23.9. The van der Waals surface area contributed by atoms with Crippen LogP contribution >= 0.6 is 0 Å². The highest BCUT2D eigenvalue weighted by molar-refractivity contribution is 6.05. The molecule has 20 heavy (non-hydrogen) atoms. The van der Waals surface area contributed by atoms with Crippen LogP contribution in [0.2, 0.25) is 0 Å². The molecule has 0 N–H and O–H groups in total. The van der Waals surface area contributed by atoms with Crippen molar-refractivity contribution in [2.24, 2.45) is 0 Å². The van der Waals surface area contributed by atoms with Crippen molar-refractivity contribution in [3.8, 4) is 0 Å². The highest BCUT2D eigenvalue weighted by atomic mass is 19.1. The van der Waals surface area contributed by atoms with Crippen molar-refractivity contribution < 1.29 is 18.3 Å². The first-order valence-electron chi connectivity index (χ1n) is 6.43. The van der Waals surface area contributed by atoms with Gasteiger partial charge in [0.05, 0.1) is 13.0 Å². The Morgan fingerprint density at radius 3 is 2.80 bits per heavy atom. The lowest BCUT2D eigenvalue weighted by Crippen LogP contribution is -2.07. The lowest BCUT2D eigenvalue weighted by molar-refractivity contribution is -0.142. The molecule has 0 aliphatic rings. The zero-order valence-electron chi connectivity index (χ0n) is 11.0. The number of benzene rings is 2. The van der Waals surface area contributed by atoms with Gasteiger partial charge in [-0.05, 0) is 36.8 Å². The van der Waals surface area contributed by atoms with E-state index in [4.69, 9.17) is 9.15 Å². The van der Waals surface area contributed by atoms with E-state index >= 15 is 0 Å². The number of esters is 1. The fraction of sp³-hybridized carbons (Fsp3) is 0.188. The number of carbonyl (C=O) groups is 1. The lowest BCUT2D eigenvalue weighted by atomic mass is 10.1. The van der Waals surface area contributed by atoms with Crippen molar-refractivity contribution >= 4 is 27.9 Å². The maximum Gasteiger partial charge on any atom is 0.310 e. The summed E-state index contributed by atoms with van der Waals surface area (Å²) in [7, 11) is 0. The van der Waals surface area contributed by atoms with Crippen molar-refractivity contribution in [1.29, 1.82) is 0 Å². The second-order valence-corrected chi connectivity index (χ2v) is 4.55. The number of furan rings is 1. The van der Waals surface area contributed by atoms with E-state index in [-0.39, 0.29) is 18.2 Å². The summed E-state index contributed by atoms with van der Waals surface area (Å²) in [5.74, 6) is -0.565. The highest BCUT2D eigenvalue weighted by Gasteiger charge is 2.10. The molecule has 3 rings (SSSR count). The smallest absolute Gasteiger partial charge is 0.310 e. The van der Waals surface area contributed by atoms with Gasteiger partial charge in [0, 0.05) is 10.8 Å². The third kappa shape index (κ3) is 2.25. The molecular formula is C16H13FO3. The number of carbonyl (C=O) groups excluding carboxylic acids is 1. The SMILES string of the molecule is CCOC(=O)Cc1ccc2c(c1)oc1ccc(F)cc12. The Kier molecular flexibility index (Phi) is 3.14. The standard InChI is InChI=1S/C16H13FO3/c1-2-19-16(18)8-10-3-5-12-13-9-11(17)4-6-14(13)20-15(12)7-10/h3-7,9H,2,8H2,1H3. The molecule has 3 nitrogen and oxygen atoms in total. The lowest BCUT2D eigenvalue weighted by Gasteiger charge is -2.01. The Bertz CT molecular complexity index is 789. The molecule has 0 radical (unpaired) electrons. The van der Waals surface area contributed by atoms with Crippen LogP contribution in [-0.4, -0.2) is 12.6 Å². The topological polar surface area (TPSA) is 39.4 Å². The molecular weight excluding hydrogens is 259 g/mol. The van der Waals surface area contributed by atoms with E-state index in [1.807, 2.05) is 12.1 Å². The number of ether oxygens (including phenoxy) is 1. The predicted molar refractivity (Wildman–Crippen MR) is 74.0 cm³/mol. The molecule has 3 aromatic rings. The molecule has 0 aliphatic heterocycles. The third-order valence-corrected chi connectivity index (χ3v) is 3.15. The Balaban J connectivity index is 2.03. The summed E-state index contributed by atoms with van der Waals surface area (Å²) in [6.45, 7) is 2.14. The predicted octanol–water partition coefficient (Wildman–Crippen LogP) is 3.83. The summed E-state index contributed by atoms with van der Waals surface area (Å²) in [6.07, 6.45) is 0.204. The van der Waals surface area contributed by atoms with Crippen LogP contribution in [0.15, 0.2) is 40.8 Å². The van der Waals surface area contributed by atoms with Gasteiger partial charge in [-0.2, -0.15) is 0 Å². The molecule has 2 aromatic carbocycles. The second kappa shape index (κ2) is 4.96. The van der Waals surface area contributed by atoms with E-state index in [2.05, 4.69) is 0 Å². The molecule has 0 bridgehead atoms. The minimum Gasteiger partial charge on any atom is -0.466 e. The average molecular weight is 272 g/mol. The highest BCUT2D eigenvalue weighted by Crippen LogP contribution is 2.29. The van der Waals surface area contributed by atoms with Gasteiger partial charge >= 0.3 is 5.97 Å². The summed E-state index contributed by atoms with van der Waals surface area (Å²) in [5.41, 5.74) is 2.09. The Morgan fingerprint density at radius 1 is 1.15 bits per heavy atom. The van der Waals surface area contributed by atoms with Crippen LogP contribution in [-0.2, 0) is 16.0 Å². The van der Waals surface area contributed by atoms with E-state index in [0.717, 1.165) is 16.3 Å². The van der Waals surface area contributed by atoms with Gasteiger partial charge in [-0.1, -0.05) is 12.1 Å². The molecule has 0 aliphatic carbocycles. The Hall–Kier alpha value is -2.36. The molecule has 0 atom stereocenters. The van der Waals surface area contributed by atoms with Crippen molar-refractivity contribution in [1.82, 2.24) is 0 Å². The van der Waals surface area contributed by atoms with Crippen molar-refractivity contribution in [2.45, 2.75) is 13.3 Å². The first-order chi connectivity index (χ1) is 9.67. The van der Waals surface area contributed by atoms with Crippen molar-refractivity contribution in [3.63, 3.8) is 0 Å². The summed E-state index contributed by atoms with van der Waals surface area (Å²) >= 11 is 0. The van der Waals surface area contributed by atoms with E-state index in [1.54, 1.807) is 19.1 Å². The van der Waals surface area contributed by atoms with E-state index in [1.165, 1.54) is 12.1 Å². The Labute approximate surface area is 114 Å². The minimum atomic E-state index is -0.296. The first-order valence-corrected chi connectivity index (χ1v) is 6.43.